The lowest BCUT2D eigenvalue weighted by Crippen LogP contribution is -2.47. The van der Waals surface area contributed by atoms with Crippen molar-refractivity contribution in [3.8, 4) is 5.75 Å². The molecule has 1 aromatic carbocycles. The molecule has 2 saturated heterocycles. The Morgan fingerprint density at radius 3 is 2.59 bits per heavy atom. The normalized spacial score (nSPS) is 25.7. The monoisotopic (exact) mass is 306 g/mol. The Morgan fingerprint density at radius 2 is 1.95 bits per heavy atom. The zero-order valence-electron chi connectivity index (χ0n) is 13.2. The minimum atomic E-state index is -0.505. The van der Waals surface area contributed by atoms with Gasteiger partial charge in [0, 0.05) is 24.7 Å². The Labute approximate surface area is 130 Å². The number of carbonyl (C=O) groups excluding carboxylic acids is 1. The van der Waals surface area contributed by atoms with Gasteiger partial charge in [0.25, 0.3) is 5.91 Å². The number of hydrogen-bond acceptors (Lipinski definition) is 3. The maximum Gasteiger partial charge on any atom is 0.257 e. The lowest BCUT2D eigenvalue weighted by molar-refractivity contribution is 0.0659. The second kappa shape index (κ2) is 6.24. The summed E-state index contributed by atoms with van der Waals surface area (Å²) in [6.07, 6.45) is 4.31. The first-order valence-corrected chi connectivity index (χ1v) is 7.96. The number of ether oxygens (including phenoxy) is 1. The standard InChI is InChI=1S/C17H23FN2O2/c1-19-9-3-5-15(19)16-6-4-10-20(16)17(21)13-8-7-12(22-2)11-14(13)18/h7-8,11,15-16H,3-6,9-10H2,1-2H3/t15-,16+/m0/s1. The molecule has 120 valence electrons. The van der Waals surface area contributed by atoms with Gasteiger partial charge in [-0.05, 0) is 51.4 Å². The van der Waals surface area contributed by atoms with Crippen molar-refractivity contribution in [3.63, 3.8) is 0 Å². The lowest BCUT2D eigenvalue weighted by Gasteiger charge is -2.33. The fraction of sp³-hybridized carbons (Fsp3) is 0.588. The van der Waals surface area contributed by atoms with E-state index in [1.807, 2.05) is 4.90 Å². The molecule has 1 aromatic rings. The number of halogens is 1. The summed E-state index contributed by atoms with van der Waals surface area (Å²) in [4.78, 5) is 17.0. The zero-order valence-corrected chi connectivity index (χ0v) is 13.2. The number of amides is 1. The van der Waals surface area contributed by atoms with Gasteiger partial charge in [-0.3, -0.25) is 4.79 Å². The van der Waals surface area contributed by atoms with Crippen molar-refractivity contribution in [1.29, 1.82) is 0 Å². The highest BCUT2D eigenvalue weighted by atomic mass is 19.1. The minimum Gasteiger partial charge on any atom is -0.497 e. The highest BCUT2D eigenvalue weighted by molar-refractivity contribution is 5.95. The fourth-order valence-electron chi connectivity index (χ4n) is 3.82. The molecule has 2 fully saturated rings. The highest BCUT2D eigenvalue weighted by Gasteiger charge is 2.39. The van der Waals surface area contributed by atoms with Crippen LogP contribution in [0.3, 0.4) is 0 Å². The Hall–Kier alpha value is -1.62. The molecule has 0 spiro atoms. The number of nitrogens with zero attached hydrogens (tertiary/aromatic N) is 2. The third kappa shape index (κ3) is 2.70. The van der Waals surface area contributed by atoms with Crippen LogP contribution in [-0.2, 0) is 0 Å². The van der Waals surface area contributed by atoms with E-state index in [4.69, 9.17) is 4.74 Å². The van der Waals surface area contributed by atoms with E-state index in [1.165, 1.54) is 25.7 Å². The first-order chi connectivity index (χ1) is 10.6. The first-order valence-electron chi connectivity index (χ1n) is 7.96. The van der Waals surface area contributed by atoms with Crippen molar-refractivity contribution in [2.24, 2.45) is 0 Å². The van der Waals surface area contributed by atoms with Gasteiger partial charge in [-0.2, -0.15) is 0 Å². The number of hydrogen-bond donors (Lipinski definition) is 0. The van der Waals surface area contributed by atoms with E-state index in [-0.39, 0.29) is 17.5 Å². The summed E-state index contributed by atoms with van der Waals surface area (Å²) in [5.74, 6) is -0.264. The summed E-state index contributed by atoms with van der Waals surface area (Å²) in [7, 11) is 3.61. The summed E-state index contributed by atoms with van der Waals surface area (Å²) in [6, 6.07) is 5.07. The molecule has 0 radical (unpaired) electrons. The van der Waals surface area contributed by atoms with Crippen LogP contribution in [0.5, 0.6) is 5.75 Å². The van der Waals surface area contributed by atoms with Crippen LogP contribution in [0.15, 0.2) is 18.2 Å². The second-order valence-electron chi connectivity index (χ2n) is 6.24. The SMILES string of the molecule is COc1ccc(C(=O)N2CCC[C@@H]2[C@@H]2CCCN2C)c(F)c1. The van der Waals surface area contributed by atoms with E-state index in [0.717, 1.165) is 32.4 Å². The van der Waals surface area contributed by atoms with Crippen molar-refractivity contribution >= 4 is 5.91 Å². The summed E-state index contributed by atoms with van der Waals surface area (Å²) in [6.45, 7) is 1.80. The predicted octanol–water partition coefficient (Wildman–Crippen LogP) is 2.53. The molecule has 1 amide bonds. The van der Waals surface area contributed by atoms with E-state index in [9.17, 15) is 9.18 Å². The molecule has 2 atom stereocenters. The van der Waals surface area contributed by atoms with Gasteiger partial charge in [-0.25, -0.2) is 4.39 Å². The molecule has 4 nitrogen and oxygen atoms in total. The molecule has 2 heterocycles. The van der Waals surface area contributed by atoms with Crippen LogP contribution in [0.25, 0.3) is 0 Å². The molecular formula is C17H23FN2O2. The molecule has 5 heteroatoms. The molecule has 0 saturated carbocycles. The highest BCUT2D eigenvalue weighted by Crippen LogP contribution is 2.30. The Kier molecular flexibility index (Phi) is 4.34. The lowest BCUT2D eigenvalue weighted by atomic mass is 10.0. The number of carbonyl (C=O) groups is 1. The Balaban J connectivity index is 1.81. The third-order valence-corrected chi connectivity index (χ3v) is 4.99. The van der Waals surface area contributed by atoms with E-state index < -0.39 is 5.82 Å². The van der Waals surface area contributed by atoms with E-state index in [1.54, 1.807) is 6.07 Å². The first kappa shape index (κ1) is 15.3. The number of rotatable bonds is 3. The van der Waals surface area contributed by atoms with Crippen molar-refractivity contribution in [1.82, 2.24) is 9.80 Å². The number of likely N-dealkylation sites (tertiary alicyclic amines) is 2. The van der Waals surface area contributed by atoms with Gasteiger partial charge < -0.3 is 14.5 Å². The van der Waals surface area contributed by atoms with Gasteiger partial charge >= 0.3 is 0 Å². The predicted molar refractivity (Wildman–Crippen MR) is 82.7 cm³/mol. The Morgan fingerprint density at radius 1 is 1.23 bits per heavy atom. The molecular weight excluding hydrogens is 283 g/mol. The summed E-state index contributed by atoms with van der Waals surface area (Å²) in [5.41, 5.74) is 0.147. The van der Waals surface area contributed by atoms with Gasteiger partial charge in [-0.1, -0.05) is 0 Å². The summed E-state index contributed by atoms with van der Waals surface area (Å²) >= 11 is 0. The average Bonchev–Trinajstić information content (AvgIpc) is 3.14. The molecule has 0 aromatic heterocycles. The van der Waals surface area contributed by atoms with Gasteiger partial charge in [0.2, 0.25) is 0 Å². The number of benzene rings is 1. The largest absolute Gasteiger partial charge is 0.497 e. The fourth-order valence-corrected chi connectivity index (χ4v) is 3.82. The van der Waals surface area contributed by atoms with E-state index in [0.29, 0.717) is 11.8 Å². The quantitative estimate of drug-likeness (QED) is 0.860. The molecule has 0 bridgehead atoms. The maximum atomic E-state index is 14.2. The smallest absolute Gasteiger partial charge is 0.257 e. The average molecular weight is 306 g/mol. The Bertz CT molecular complexity index is 564. The molecule has 2 aliphatic heterocycles. The molecule has 0 aliphatic carbocycles. The van der Waals surface area contributed by atoms with Crippen molar-refractivity contribution in [2.75, 3.05) is 27.2 Å². The number of likely N-dealkylation sites (N-methyl/N-ethyl adjacent to an activating group) is 1. The van der Waals surface area contributed by atoms with Crippen LogP contribution in [0.4, 0.5) is 4.39 Å². The van der Waals surface area contributed by atoms with Crippen LogP contribution in [0.1, 0.15) is 36.0 Å². The van der Waals surface area contributed by atoms with Crippen LogP contribution in [-0.4, -0.2) is 55.0 Å². The molecule has 0 unspecified atom stereocenters. The molecule has 3 rings (SSSR count). The maximum absolute atomic E-state index is 14.2. The third-order valence-electron chi connectivity index (χ3n) is 4.99. The van der Waals surface area contributed by atoms with Crippen LogP contribution < -0.4 is 4.74 Å². The summed E-state index contributed by atoms with van der Waals surface area (Å²) in [5, 5.41) is 0. The zero-order chi connectivity index (χ0) is 15.7. The molecule has 2 aliphatic rings. The van der Waals surface area contributed by atoms with E-state index >= 15 is 0 Å². The second-order valence-corrected chi connectivity index (χ2v) is 6.24. The van der Waals surface area contributed by atoms with Crippen LogP contribution in [0.2, 0.25) is 0 Å². The minimum absolute atomic E-state index is 0.147. The van der Waals surface area contributed by atoms with Gasteiger partial charge in [0.05, 0.1) is 12.7 Å². The van der Waals surface area contributed by atoms with Gasteiger partial charge in [-0.15, -0.1) is 0 Å². The van der Waals surface area contributed by atoms with Crippen LogP contribution >= 0.6 is 0 Å². The molecule has 22 heavy (non-hydrogen) atoms. The number of methoxy groups -OCH3 is 1. The summed E-state index contributed by atoms with van der Waals surface area (Å²) < 4.78 is 19.2. The van der Waals surface area contributed by atoms with Gasteiger partial charge in [0.15, 0.2) is 0 Å². The van der Waals surface area contributed by atoms with Crippen LogP contribution in [0, 0.1) is 5.82 Å². The topological polar surface area (TPSA) is 32.8 Å². The molecule has 0 N–H and O–H groups in total. The van der Waals surface area contributed by atoms with Gasteiger partial charge in [0.1, 0.15) is 11.6 Å². The van der Waals surface area contributed by atoms with Crippen molar-refractivity contribution in [3.05, 3.63) is 29.6 Å². The van der Waals surface area contributed by atoms with Crippen molar-refractivity contribution in [2.45, 2.75) is 37.8 Å². The van der Waals surface area contributed by atoms with Crippen molar-refractivity contribution < 1.29 is 13.9 Å². The van der Waals surface area contributed by atoms with E-state index in [2.05, 4.69) is 11.9 Å².